The molecular weight excluding hydrogens is 458 g/mol. The number of non-ortho nitro benzene ring substituents is 1. The van der Waals surface area contributed by atoms with Gasteiger partial charge in [0.05, 0.1) is 23.4 Å². The van der Waals surface area contributed by atoms with Crippen LogP contribution in [0.15, 0.2) is 42.5 Å². The Kier molecular flexibility index (Phi) is 9.03. The second kappa shape index (κ2) is 11.3. The van der Waals surface area contributed by atoms with Crippen molar-refractivity contribution in [3.05, 3.63) is 63.7 Å². The van der Waals surface area contributed by atoms with Crippen LogP contribution in [0.2, 0.25) is 0 Å². The first-order valence-electron chi connectivity index (χ1n) is 11.0. The third kappa shape index (κ3) is 7.72. The van der Waals surface area contributed by atoms with E-state index in [-0.39, 0.29) is 42.1 Å². The van der Waals surface area contributed by atoms with Gasteiger partial charge in [0, 0.05) is 25.1 Å². The third-order valence-corrected chi connectivity index (χ3v) is 6.39. The summed E-state index contributed by atoms with van der Waals surface area (Å²) in [7, 11) is -3.69. The van der Waals surface area contributed by atoms with Crippen LogP contribution in [0.1, 0.15) is 44.7 Å². The largest absolute Gasteiger partial charge is 0.491 e. The minimum Gasteiger partial charge on any atom is -0.491 e. The van der Waals surface area contributed by atoms with Gasteiger partial charge in [-0.05, 0) is 36.0 Å². The van der Waals surface area contributed by atoms with E-state index in [0.717, 1.165) is 21.9 Å². The molecule has 34 heavy (non-hydrogen) atoms. The molecule has 0 aromatic heterocycles. The molecule has 0 unspecified atom stereocenters. The highest BCUT2D eigenvalue weighted by atomic mass is 32.2. The lowest BCUT2D eigenvalue weighted by Crippen LogP contribution is -2.33. The molecule has 9 nitrogen and oxygen atoms in total. The number of benzene rings is 2. The van der Waals surface area contributed by atoms with Crippen molar-refractivity contribution in [1.29, 1.82) is 0 Å². The molecule has 0 spiro atoms. The lowest BCUT2D eigenvalue weighted by Gasteiger charge is -2.24. The van der Waals surface area contributed by atoms with E-state index in [1.165, 1.54) is 18.2 Å². The van der Waals surface area contributed by atoms with Gasteiger partial charge >= 0.3 is 0 Å². The summed E-state index contributed by atoms with van der Waals surface area (Å²) >= 11 is 0. The Balaban J connectivity index is 1.89. The Labute approximate surface area is 201 Å². The van der Waals surface area contributed by atoms with Crippen molar-refractivity contribution in [2.24, 2.45) is 0 Å². The van der Waals surface area contributed by atoms with Crippen LogP contribution in [0.4, 0.5) is 11.4 Å². The zero-order valence-electron chi connectivity index (χ0n) is 20.3. The Morgan fingerprint density at radius 2 is 1.85 bits per heavy atom. The molecule has 10 heteroatoms. The van der Waals surface area contributed by atoms with Crippen LogP contribution in [0, 0.1) is 17.0 Å². The van der Waals surface area contributed by atoms with E-state index in [2.05, 4.69) is 26.1 Å². The van der Waals surface area contributed by atoms with Crippen LogP contribution in [0.25, 0.3) is 0 Å². The Hall–Kier alpha value is -3.14. The first-order valence-corrected chi connectivity index (χ1v) is 12.9. The number of rotatable bonds is 11. The molecule has 2 aromatic carbocycles. The average molecular weight is 492 g/mol. The van der Waals surface area contributed by atoms with Crippen LogP contribution in [0.5, 0.6) is 5.75 Å². The molecular formula is C24H33N3O6S. The van der Waals surface area contributed by atoms with Crippen LogP contribution < -0.4 is 14.4 Å². The fourth-order valence-corrected chi connectivity index (χ4v) is 4.49. The number of anilines is 1. The molecule has 2 aromatic rings. The molecule has 0 radical (unpaired) electrons. The van der Waals surface area contributed by atoms with Gasteiger partial charge in [-0.25, -0.2) is 8.42 Å². The number of hydrogen-bond donors (Lipinski definition) is 1. The molecule has 0 heterocycles. The number of carbonyl (C=O) groups is 1. The second-order valence-corrected chi connectivity index (χ2v) is 11.0. The van der Waals surface area contributed by atoms with Crippen molar-refractivity contribution in [3.8, 4) is 5.75 Å². The first kappa shape index (κ1) is 27.1. The molecule has 0 atom stereocenters. The maximum absolute atomic E-state index is 12.3. The van der Waals surface area contributed by atoms with E-state index in [1.54, 1.807) is 6.92 Å². The molecule has 2 rings (SSSR count). The molecule has 1 amide bonds. The van der Waals surface area contributed by atoms with Gasteiger partial charge in [-0.2, -0.15) is 0 Å². The summed E-state index contributed by atoms with van der Waals surface area (Å²) in [4.78, 5) is 22.8. The summed E-state index contributed by atoms with van der Waals surface area (Å²) < 4.78 is 31.6. The van der Waals surface area contributed by atoms with E-state index < -0.39 is 14.9 Å². The van der Waals surface area contributed by atoms with Crippen molar-refractivity contribution >= 4 is 27.3 Å². The molecule has 0 fully saturated rings. The Bertz CT molecular complexity index is 1130. The van der Waals surface area contributed by atoms with Crippen molar-refractivity contribution in [1.82, 2.24) is 5.32 Å². The summed E-state index contributed by atoms with van der Waals surface area (Å²) in [5.74, 6) is 0.553. The number of sulfonamides is 1. The quantitative estimate of drug-likeness (QED) is 0.289. The number of aryl methyl sites for hydroxylation is 1. The van der Waals surface area contributed by atoms with Crippen LogP contribution in [-0.2, 0) is 20.2 Å². The van der Waals surface area contributed by atoms with Crippen molar-refractivity contribution in [2.75, 3.05) is 30.3 Å². The lowest BCUT2D eigenvalue weighted by molar-refractivity contribution is -0.384. The Morgan fingerprint density at radius 3 is 2.47 bits per heavy atom. The van der Waals surface area contributed by atoms with E-state index >= 15 is 0 Å². The van der Waals surface area contributed by atoms with Gasteiger partial charge in [-0.1, -0.05) is 45.0 Å². The maximum Gasteiger partial charge on any atom is 0.271 e. The number of para-hydroxylation sites is 1. The molecule has 1 N–H and O–H groups in total. The molecule has 0 aliphatic carbocycles. The zero-order chi connectivity index (χ0) is 25.5. The zero-order valence-corrected chi connectivity index (χ0v) is 21.1. The molecule has 0 aliphatic heterocycles. The Morgan fingerprint density at radius 1 is 1.18 bits per heavy atom. The van der Waals surface area contributed by atoms with Crippen LogP contribution in [-0.4, -0.2) is 45.2 Å². The summed E-state index contributed by atoms with van der Waals surface area (Å²) in [6.45, 7) is 8.65. The fraction of sp³-hybridized carbons (Fsp3) is 0.458. The second-order valence-electron chi connectivity index (χ2n) is 9.11. The first-order chi connectivity index (χ1) is 15.8. The summed E-state index contributed by atoms with van der Waals surface area (Å²) in [6, 6.07) is 11.9. The number of ether oxygens (including phenoxy) is 1. The van der Waals surface area contributed by atoms with Crippen molar-refractivity contribution in [3.63, 3.8) is 0 Å². The van der Waals surface area contributed by atoms with Crippen molar-refractivity contribution in [2.45, 2.75) is 46.0 Å². The molecule has 0 saturated carbocycles. The number of nitro groups is 1. The van der Waals surface area contributed by atoms with Crippen LogP contribution >= 0.6 is 0 Å². The molecule has 0 saturated heterocycles. The highest BCUT2D eigenvalue weighted by molar-refractivity contribution is 7.92. The number of carbonyl (C=O) groups excluding carboxylic acids is 1. The summed E-state index contributed by atoms with van der Waals surface area (Å²) in [6.07, 6.45) is 1.41. The summed E-state index contributed by atoms with van der Waals surface area (Å²) in [5, 5.41) is 13.9. The van der Waals surface area contributed by atoms with E-state index in [4.69, 9.17) is 4.74 Å². The number of nitrogens with one attached hydrogen (secondary N) is 1. The highest BCUT2D eigenvalue weighted by Crippen LogP contribution is 2.31. The van der Waals surface area contributed by atoms with Gasteiger partial charge in [0.1, 0.15) is 12.4 Å². The lowest BCUT2D eigenvalue weighted by atomic mass is 9.86. The predicted molar refractivity (Wildman–Crippen MR) is 133 cm³/mol. The minimum atomic E-state index is -3.69. The number of hydrogen-bond acceptors (Lipinski definition) is 6. The normalized spacial score (nSPS) is 11.7. The minimum absolute atomic E-state index is 0.0315. The molecule has 0 bridgehead atoms. The third-order valence-electron chi connectivity index (χ3n) is 5.21. The van der Waals surface area contributed by atoms with Gasteiger partial charge in [-0.3, -0.25) is 19.2 Å². The topological polar surface area (TPSA) is 119 Å². The van der Waals surface area contributed by atoms with E-state index in [0.29, 0.717) is 18.7 Å². The predicted octanol–water partition coefficient (Wildman–Crippen LogP) is 3.94. The standard InChI is InChI=1S/C24H33N3O6S/c1-18-12-13-19(27(29)30)17-21(18)26(34(5,31)32)15-8-11-23(28)25-14-16-33-22-10-7-6-9-20(22)24(2,3)4/h6-7,9-10,12-13,17H,8,11,14-16H2,1-5H3,(H,25,28). The SMILES string of the molecule is Cc1ccc([N+](=O)[O-])cc1N(CCCC(=O)NCCOc1ccccc1C(C)(C)C)S(C)(=O)=O. The molecule has 0 aliphatic rings. The number of nitrogens with zero attached hydrogens (tertiary/aromatic N) is 2. The van der Waals surface area contributed by atoms with Gasteiger partial charge in [0.2, 0.25) is 15.9 Å². The van der Waals surface area contributed by atoms with E-state index in [9.17, 15) is 23.3 Å². The highest BCUT2D eigenvalue weighted by Gasteiger charge is 2.22. The van der Waals surface area contributed by atoms with Gasteiger partial charge in [0.15, 0.2) is 0 Å². The van der Waals surface area contributed by atoms with Crippen LogP contribution in [0.3, 0.4) is 0 Å². The smallest absolute Gasteiger partial charge is 0.271 e. The molecule has 186 valence electrons. The van der Waals surface area contributed by atoms with Crippen molar-refractivity contribution < 1.29 is 22.9 Å². The van der Waals surface area contributed by atoms with E-state index in [1.807, 2.05) is 24.3 Å². The number of amides is 1. The average Bonchev–Trinajstić information content (AvgIpc) is 2.73. The fourth-order valence-electron chi connectivity index (χ4n) is 3.48. The van der Waals surface area contributed by atoms with Gasteiger partial charge < -0.3 is 10.1 Å². The summed E-state index contributed by atoms with van der Waals surface area (Å²) in [5.41, 5.74) is 1.65. The number of nitro benzene ring substituents is 1. The monoisotopic (exact) mass is 491 g/mol. The van der Waals surface area contributed by atoms with Gasteiger partial charge in [-0.15, -0.1) is 0 Å². The maximum atomic E-state index is 12.3. The van der Waals surface area contributed by atoms with Gasteiger partial charge in [0.25, 0.3) is 5.69 Å².